The third-order valence-electron chi connectivity index (χ3n) is 4.33. The van der Waals surface area contributed by atoms with Gasteiger partial charge in [0.1, 0.15) is 0 Å². The molecule has 1 fully saturated rings. The molecule has 1 aromatic carbocycles. The lowest BCUT2D eigenvalue weighted by Crippen LogP contribution is -2.50. The van der Waals surface area contributed by atoms with Crippen LogP contribution in [0.3, 0.4) is 0 Å². The Balaban J connectivity index is 1.86. The first kappa shape index (κ1) is 15.7. The minimum absolute atomic E-state index is 0.0780. The molecule has 2 aromatic rings. The molecule has 2 amide bonds. The minimum atomic E-state index is -0.241. The molecule has 1 saturated heterocycles. The molecule has 122 valence electrons. The lowest BCUT2D eigenvalue weighted by molar-refractivity contribution is -0.152. The van der Waals surface area contributed by atoms with Crippen LogP contribution in [0.4, 0.5) is 0 Å². The fourth-order valence-electron chi connectivity index (χ4n) is 3.21. The van der Waals surface area contributed by atoms with E-state index in [2.05, 4.69) is 11.1 Å². The number of nitrogens with one attached hydrogen (secondary N) is 1. The number of aromatic amines is 1. The predicted molar refractivity (Wildman–Crippen MR) is 88.0 cm³/mol. The van der Waals surface area contributed by atoms with Crippen molar-refractivity contribution in [3.8, 4) is 0 Å². The van der Waals surface area contributed by atoms with Crippen LogP contribution in [-0.2, 0) is 20.7 Å². The van der Waals surface area contributed by atoms with Crippen molar-refractivity contribution in [3.05, 3.63) is 36.0 Å². The van der Waals surface area contributed by atoms with Crippen LogP contribution < -0.4 is 0 Å². The molecular weight excluding hydrogens is 292 g/mol. The Bertz CT molecular complexity index is 691. The summed E-state index contributed by atoms with van der Waals surface area (Å²) < 4.78 is 5.55. The van der Waals surface area contributed by atoms with Crippen molar-refractivity contribution in [3.63, 3.8) is 0 Å². The summed E-state index contributed by atoms with van der Waals surface area (Å²) in [5.41, 5.74) is 2.17. The molecule has 0 bridgehead atoms. The molecule has 0 radical (unpaired) electrons. The molecule has 0 spiro atoms. The smallest absolute Gasteiger partial charge is 0.229 e. The number of benzene rings is 1. The van der Waals surface area contributed by atoms with Crippen molar-refractivity contribution >= 4 is 22.7 Å². The second-order valence-corrected chi connectivity index (χ2v) is 5.89. The molecule has 1 aliphatic heterocycles. The first-order valence-electron chi connectivity index (χ1n) is 8.18. The number of imide groups is 1. The van der Waals surface area contributed by atoms with Crippen LogP contribution in [0.25, 0.3) is 10.9 Å². The van der Waals surface area contributed by atoms with E-state index in [1.54, 1.807) is 0 Å². The first-order chi connectivity index (χ1) is 11.2. The van der Waals surface area contributed by atoms with Crippen molar-refractivity contribution < 1.29 is 14.3 Å². The van der Waals surface area contributed by atoms with Gasteiger partial charge in [-0.2, -0.15) is 0 Å². The van der Waals surface area contributed by atoms with Crippen LogP contribution in [0.15, 0.2) is 30.5 Å². The number of carbonyl (C=O) groups is 2. The molecule has 1 N–H and O–H groups in total. The lowest BCUT2D eigenvalue weighted by atomic mass is 10.0. The van der Waals surface area contributed by atoms with Gasteiger partial charge < -0.3 is 9.72 Å². The topological polar surface area (TPSA) is 62.4 Å². The number of hydrogen-bond donors (Lipinski definition) is 1. The van der Waals surface area contributed by atoms with Crippen molar-refractivity contribution in [2.24, 2.45) is 0 Å². The van der Waals surface area contributed by atoms with Gasteiger partial charge in [-0.1, -0.05) is 18.2 Å². The molecule has 1 aromatic heterocycles. The fourth-order valence-corrected chi connectivity index (χ4v) is 3.21. The van der Waals surface area contributed by atoms with E-state index in [1.807, 2.05) is 31.3 Å². The minimum Gasteiger partial charge on any atom is -0.380 e. The third kappa shape index (κ3) is 3.29. The number of aromatic nitrogens is 1. The molecular formula is C18H22N2O3. The van der Waals surface area contributed by atoms with Crippen LogP contribution >= 0.6 is 0 Å². The summed E-state index contributed by atoms with van der Waals surface area (Å²) in [6.07, 6.45) is 4.12. The number of rotatable bonds is 6. The average Bonchev–Trinajstić information content (AvgIpc) is 2.95. The number of nitrogens with zero attached hydrogens (tertiary/aromatic N) is 1. The molecule has 23 heavy (non-hydrogen) atoms. The van der Waals surface area contributed by atoms with Crippen molar-refractivity contribution in [2.75, 3.05) is 13.2 Å². The number of carbonyl (C=O) groups excluding carboxylic acids is 2. The van der Waals surface area contributed by atoms with Crippen molar-refractivity contribution in [1.82, 2.24) is 9.88 Å². The zero-order valence-corrected chi connectivity index (χ0v) is 13.4. The Labute approximate surface area is 135 Å². The van der Waals surface area contributed by atoms with Gasteiger partial charge in [0, 0.05) is 36.5 Å². The molecule has 1 unspecified atom stereocenters. The summed E-state index contributed by atoms with van der Waals surface area (Å²) in [6.45, 7) is 2.87. The molecule has 1 atom stereocenters. The summed E-state index contributed by atoms with van der Waals surface area (Å²) in [7, 11) is 0. The maximum atomic E-state index is 12.2. The number of fused-ring (bicyclic) bond motifs is 1. The van der Waals surface area contributed by atoms with Gasteiger partial charge in [-0.3, -0.25) is 14.5 Å². The summed E-state index contributed by atoms with van der Waals surface area (Å²) in [4.78, 5) is 29.2. The highest BCUT2D eigenvalue weighted by atomic mass is 16.5. The van der Waals surface area contributed by atoms with Gasteiger partial charge in [0.05, 0.1) is 12.6 Å². The second kappa shape index (κ2) is 6.96. The highest BCUT2D eigenvalue weighted by Crippen LogP contribution is 2.23. The van der Waals surface area contributed by atoms with Gasteiger partial charge in [0.15, 0.2) is 0 Å². The summed E-state index contributed by atoms with van der Waals surface area (Å²) >= 11 is 0. The number of likely N-dealkylation sites (tertiary alicyclic amines) is 1. The monoisotopic (exact) mass is 314 g/mol. The zero-order valence-electron chi connectivity index (χ0n) is 13.4. The van der Waals surface area contributed by atoms with Crippen LogP contribution in [0.2, 0.25) is 0 Å². The van der Waals surface area contributed by atoms with Gasteiger partial charge in [0.2, 0.25) is 11.8 Å². The van der Waals surface area contributed by atoms with Gasteiger partial charge in [0.25, 0.3) is 0 Å². The third-order valence-corrected chi connectivity index (χ3v) is 4.33. The Morgan fingerprint density at radius 1 is 1.22 bits per heavy atom. The Kier molecular flexibility index (Phi) is 4.76. The molecule has 5 nitrogen and oxygen atoms in total. The van der Waals surface area contributed by atoms with E-state index in [-0.39, 0.29) is 17.9 Å². The number of para-hydroxylation sites is 1. The molecule has 5 heteroatoms. The maximum Gasteiger partial charge on any atom is 0.229 e. The average molecular weight is 314 g/mol. The van der Waals surface area contributed by atoms with E-state index in [0.29, 0.717) is 38.9 Å². The van der Waals surface area contributed by atoms with E-state index >= 15 is 0 Å². The van der Waals surface area contributed by atoms with Gasteiger partial charge >= 0.3 is 0 Å². The van der Waals surface area contributed by atoms with Gasteiger partial charge in [-0.15, -0.1) is 0 Å². The fraction of sp³-hybridized carbons (Fsp3) is 0.444. The summed E-state index contributed by atoms with van der Waals surface area (Å²) in [5.74, 6) is -0.156. The predicted octanol–water partition coefficient (Wildman–Crippen LogP) is 2.65. The lowest BCUT2D eigenvalue weighted by Gasteiger charge is -2.32. The Morgan fingerprint density at radius 2 is 1.96 bits per heavy atom. The zero-order chi connectivity index (χ0) is 16.2. The van der Waals surface area contributed by atoms with Crippen LogP contribution in [0, 0.1) is 0 Å². The SMILES string of the molecule is CCOCC(Cc1c[nH]c2ccccc12)N1C(=O)CCCC1=O. The van der Waals surface area contributed by atoms with E-state index in [4.69, 9.17) is 4.74 Å². The first-order valence-corrected chi connectivity index (χ1v) is 8.18. The van der Waals surface area contributed by atoms with E-state index < -0.39 is 0 Å². The van der Waals surface area contributed by atoms with Crippen molar-refractivity contribution in [1.29, 1.82) is 0 Å². The van der Waals surface area contributed by atoms with E-state index in [9.17, 15) is 9.59 Å². The quantitative estimate of drug-likeness (QED) is 0.834. The maximum absolute atomic E-state index is 12.2. The summed E-state index contributed by atoms with van der Waals surface area (Å²) in [6, 6.07) is 7.81. The Hall–Kier alpha value is -2.14. The molecule has 2 heterocycles. The molecule has 0 saturated carbocycles. The van der Waals surface area contributed by atoms with Crippen molar-refractivity contribution in [2.45, 2.75) is 38.6 Å². The van der Waals surface area contributed by atoms with Gasteiger partial charge in [-0.25, -0.2) is 0 Å². The highest BCUT2D eigenvalue weighted by Gasteiger charge is 2.33. The Morgan fingerprint density at radius 3 is 2.70 bits per heavy atom. The second-order valence-electron chi connectivity index (χ2n) is 5.89. The van der Waals surface area contributed by atoms with E-state index in [1.165, 1.54) is 4.90 Å². The highest BCUT2D eigenvalue weighted by molar-refractivity contribution is 5.98. The number of ether oxygens (including phenoxy) is 1. The largest absolute Gasteiger partial charge is 0.380 e. The molecule has 0 aliphatic carbocycles. The standard InChI is InChI=1S/C18H22N2O3/c1-2-23-12-14(20-17(21)8-5-9-18(20)22)10-13-11-19-16-7-4-3-6-15(13)16/h3-4,6-7,11,14,19H,2,5,8-10,12H2,1H3. The van der Waals surface area contributed by atoms with Crippen LogP contribution in [0.1, 0.15) is 31.7 Å². The van der Waals surface area contributed by atoms with E-state index in [0.717, 1.165) is 16.5 Å². The van der Waals surface area contributed by atoms with Crippen LogP contribution in [-0.4, -0.2) is 41.0 Å². The van der Waals surface area contributed by atoms with Crippen LogP contribution in [0.5, 0.6) is 0 Å². The number of H-pyrrole nitrogens is 1. The molecule has 1 aliphatic rings. The molecule has 3 rings (SSSR count). The normalized spacial score (nSPS) is 17.0. The van der Waals surface area contributed by atoms with Gasteiger partial charge in [-0.05, 0) is 31.4 Å². The number of hydrogen-bond acceptors (Lipinski definition) is 3. The number of amides is 2. The summed E-state index contributed by atoms with van der Waals surface area (Å²) in [5, 5.41) is 1.13. The number of piperidine rings is 1.